The molecule has 1 aromatic carbocycles. The second-order valence-electron chi connectivity index (χ2n) is 4.54. The minimum Gasteiger partial charge on any atom is -0.497 e. The molecule has 0 aliphatic carbocycles. The van der Waals surface area contributed by atoms with E-state index in [9.17, 15) is 4.79 Å². The van der Waals surface area contributed by atoms with Gasteiger partial charge in [-0.3, -0.25) is 4.79 Å². The van der Waals surface area contributed by atoms with Crippen LogP contribution in [0.15, 0.2) is 18.2 Å². The maximum atomic E-state index is 10.5. The molecule has 0 fully saturated rings. The highest BCUT2D eigenvalue weighted by molar-refractivity contribution is 5.77. The third-order valence-corrected chi connectivity index (χ3v) is 3.22. The smallest absolute Gasteiger partial charge is 0.303 e. The normalized spacial score (nSPS) is 10.8. The van der Waals surface area contributed by atoms with E-state index in [1.807, 2.05) is 25.2 Å². The molecule has 0 aliphatic rings. The van der Waals surface area contributed by atoms with Crippen LogP contribution >= 0.6 is 0 Å². The van der Waals surface area contributed by atoms with Gasteiger partial charge in [-0.1, -0.05) is 0 Å². The van der Waals surface area contributed by atoms with Crippen molar-refractivity contribution in [2.75, 3.05) is 7.11 Å². The highest BCUT2D eigenvalue weighted by atomic mass is 16.5. The van der Waals surface area contributed by atoms with E-state index in [0.717, 1.165) is 35.4 Å². The molecule has 1 aromatic heterocycles. The summed E-state index contributed by atoms with van der Waals surface area (Å²) in [7, 11) is 3.62. The first-order chi connectivity index (χ1) is 9.11. The van der Waals surface area contributed by atoms with Gasteiger partial charge >= 0.3 is 5.97 Å². The van der Waals surface area contributed by atoms with Gasteiger partial charge in [-0.05, 0) is 25.0 Å². The molecular weight excluding hydrogens is 244 g/mol. The Balaban J connectivity index is 2.10. The number of rotatable bonds is 6. The molecule has 0 radical (unpaired) electrons. The van der Waals surface area contributed by atoms with Crippen LogP contribution in [0.2, 0.25) is 0 Å². The van der Waals surface area contributed by atoms with Gasteiger partial charge in [-0.25, -0.2) is 4.98 Å². The van der Waals surface area contributed by atoms with Crippen LogP contribution in [0, 0.1) is 0 Å². The number of imidazole rings is 1. The monoisotopic (exact) mass is 262 g/mol. The van der Waals surface area contributed by atoms with Crippen LogP contribution in [0.4, 0.5) is 0 Å². The summed E-state index contributed by atoms with van der Waals surface area (Å²) in [6, 6.07) is 5.82. The number of ether oxygens (including phenoxy) is 1. The highest BCUT2D eigenvalue weighted by Gasteiger charge is 2.08. The van der Waals surface area contributed by atoms with Gasteiger partial charge in [0.1, 0.15) is 11.6 Å². The van der Waals surface area contributed by atoms with Crippen molar-refractivity contribution in [3.8, 4) is 5.75 Å². The topological polar surface area (TPSA) is 64.3 Å². The van der Waals surface area contributed by atoms with Crippen molar-refractivity contribution >= 4 is 17.0 Å². The number of methoxy groups -OCH3 is 1. The zero-order chi connectivity index (χ0) is 13.8. The number of fused-ring (bicyclic) bond motifs is 1. The Morgan fingerprint density at radius 1 is 1.42 bits per heavy atom. The van der Waals surface area contributed by atoms with E-state index in [1.54, 1.807) is 7.11 Å². The fourth-order valence-electron chi connectivity index (χ4n) is 2.14. The van der Waals surface area contributed by atoms with Crippen molar-refractivity contribution in [1.82, 2.24) is 9.55 Å². The van der Waals surface area contributed by atoms with E-state index >= 15 is 0 Å². The lowest BCUT2D eigenvalue weighted by Crippen LogP contribution is -1.99. The summed E-state index contributed by atoms with van der Waals surface area (Å²) in [4.78, 5) is 15.0. The number of unbranched alkanes of at least 4 members (excludes halogenated alkanes) is 1. The summed E-state index contributed by atoms with van der Waals surface area (Å²) in [6.07, 6.45) is 2.53. The number of nitrogens with zero attached hydrogens (tertiary/aromatic N) is 2. The second kappa shape index (κ2) is 5.73. The summed E-state index contributed by atoms with van der Waals surface area (Å²) in [5.74, 6) is 1.03. The highest BCUT2D eigenvalue weighted by Crippen LogP contribution is 2.21. The molecule has 102 valence electrons. The largest absolute Gasteiger partial charge is 0.497 e. The quantitative estimate of drug-likeness (QED) is 0.812. The molecule has 0 bridgehead atoms. The number of carboxylic acid groups (broad SMARTS) is 1. The first kappa shape index (κ1) is 13.4. The predicted octanol–water partition coefficient (Wildman–Crippen LogP) is 2.38. The average molecular weight is 262 g/mol. The van der Waals surface area contributed by atoms with Crippen LogP contribution in [0.1, 0.15) is 25.1 Å². The Bertz CT molecular complexity index is 590. The molecule has 19 heavy (non-hydrogen) atoms. The molecule has 0 spiro atoms. The molecule has 0 saturated heterocycles. The molecular formula is C14H18N2O3. The maximum absolute atomic E-state index is 10.5. The van der Waals surface area contributed by atoms with E-state index in [2.05, 4.69) is 9.55 Å². The number of aliphatic carboxylic acids is 1. The number of carbonyl (C=O) groups is 1. The average Bonchev–Trinajstić information content (AvgIpc) is 2.71. The van der Waals surface area contributed by atoms with Gasteiger partial charge in [0.05, 0.1) is 18.1 Å². The summed E-state index contributed by atoms with van der Waals surface area (Å²) in [5.41, 5.74) is 1.98. The van der Waals surface area contributed by atoms with Gasteiger partial charge in [0.25, 0.3) is 0 Å². The number of hydrogen-bond donors (Lipinski definition) is 1. The fourth-order valence-corrected chi connectivity index (χ4v) is 2.14. The zero-order valence-electron chi connectivity index (χ0n) is 11.2. The van der Waals surface area contributed by atoms with Crippen LogP contribution < -0.4 is 4.74 Å². The lowest BCUT2D eigenvalue weighted by molar-refractivity contribution is -0.137. The van der Waals surface area contributed by atoms with Gasteiger partial charge in [0.2, 0.25) is 0 Å². The van der Waals surface area contributed by atoms with Crippen LogP contribution in [0.3, 0.4) is 0 Å². The lowest BCUT2D eigenvalue weighted by atomic mass is 10.2. The van der Waals surface area contributed by atoms with Crippen LogP contribution in [-0.4, -0.2) is 27.7 Å². The van der Waals surface area contributed by atoms with E-state index < -0.39 is 5.97 Å². The van der Waals surface area contributed by atoms with Crippen molar-refractivity contribution in [1.29, 1.82) is 0 Å². The molecule has 1 N–H and O–H groups in total. The minimum absolute atomic E-state index is 0.220. The number of aryl methyl sites for hydroxylation is 2. The summed E-state index contributed by atoms with van der Waals surface area (Å²) in [5, 5.41) is 8.60. The SMILES string of the molecule is COc1ccc2c(c1)nc(CCCCC(=O)O)n2C. The van der Waals surface area contributed by atoms with Crippen molar-refractivity contribution in [2.45, 2.75) is 25.7 Å². The fraction of sp³-hybridized carbons (Fsp3) is 0.429. The number of benzene rings is 1. The number of hydrogen-bond acceptors (Lipinski definition) is 3. The Kier molecular flexibility index (Phi) is 4.04. The first-order valence-corrected chi connectivity index (χ1v) is 6.33. The molecule has 1 heterocycles. The summed E-state index contributed by atoms with van der Waals surface area (Å²) < 4.78 is 7.23. The van der Waals surface area contributed by atoms with Gasteiger partial charge in [0.15, 0.2) is 0 Å². The predicted molar refractivity (Wildman–Crippen MR) is 72.5 cm³/mol. The van der Waals surface area contributed by atoms with Crippen molar-refractivity contribution < 1.29 is 14.6 Å². The van der Waals surface area contributed by atoms with Crippen molar-refractivity contribution in [2.24, 2.45) is 7.05 Å². The minimum atomic E-state index is -0.741. The third kappa shape index (κ3) is 3.05. The van der Waals surface area contributed by atoms with E-state index in [-0.39, 0.29) is 6.42 Å². The molecule has 0 unspecified atom stereocenters. The third-order valence-electron chi connectivity index (χ3n) is 3.22. The Morgan fingerprint density at radius 2 is 2.21 bits per heavy atom. The molecule has 2 aromatic rings. The standard InChI is InChI=1S/C14H18N2O3/c1-16-12-8-7-10(19-2)9-11(12)15-13(16)5-3-4-6-14(17)18/h7-9H,3-6H2,1-2H3,(H,17,18). The van der Waals surface area contributed by atoms with E-state index in [0.29, 0.717) is 6.42 Å². The number of aromatic nitrogens is 2. The summed E-state index contributed by atoms with van der Waals surface area (Å²) in [6.45, 7) is 0. The molecule has 0 amide bonds. The Labute approximate surface area is 111 Å². The maximum Gasteiger partial charge on any atom is 0.303 e. The Hall–Kier alpha value is -2.04. The van der Waals surface area contributed by atoms with E-state index in [4.69, 9.17) is 9.84 Å². The zero-order valence-corrected chi connectivity index (χ0v) is 11.2. The second-order valence-corrected chi connectivity index (χ2v) is 4.54. The van der Waals surface area contributed by atoms with Crippen LogP contribution in [-0.2, 0) is 18.3 Å². The molecule has 0 saturated carbocycles. The molecule has 0 aliphatic heterocycles. The Morgan fingerprint density at radius 3 is 2.89 bits per heavy atom. The van der Waals surface area contributed by atoms with Crippen molar-refractivity contribution in [3.05, 3.63) is 24.0 Å². The first-order valence-electron chi connectivity index (χ1n) is 6.33. The van der Waals surface area contributed by atoms with Crippen LogP contribution in [0.5, 0.6) is 5.75 Å². The van der Waals surface area contributed by atoms with Crippen molar-refractivity contribution in [3.63, 3.8) is 0 Å². The van der Waals surface area contributed by atoms with Gasteiger partial charge < -0.3 is 14.4 Å². The van der Waals surface area contributed by atoms with Gasteiger partial charge in [-0.2, -0.15) is 0 Å². The van der Waals surface area contributed by atoms with Gasteiger partial charge in [0, 0.05) is 26.0 Å². The van der Waals surface area contributed by atoms with Gasteiger partial charge in [-0.15, -0.1) is 0 Å². The van der Waals surface area contributed by atoms with E-state index in [1.165, 1.54) is 0 Å². The number of carboxylic acids is 1. The lowest BCUT2D eigenvalue weighted by Gasteiger charge is -2.02. The molecule has 5 nitrogen and oxygen atoms in total. The molecule has 0 atom stereocenters. The van der Waals surface area contributed by atoms with Crippen LogP contribution in [0.25, 0.3) is 11.0 Å². The summed E-state index contributed by atoms with van der Waals surface area (Å²) >= 11 is 0. The molecule has 2 rings (SSSR count). The molecule has 5 heteroatoms.